The molecule has 0 radical (unpaired) electrons. The molecule has 3 N–H and O–H groups in total. The highest BCUT2D eigenvalue weighted by atomic mass is 19.1. The Morgan fingerprint density at radius 1 is 1.09 bits per heavy atom. The van der Waals surface area contributed by atoms with Crippen molar-refractivity contribution in [2.24, 2.45) is 0 Å². The molecule has 4 aromatic rings. The van der Waals surface area contributed by atoms with Gasteiger partial charge in [0, 0.05) is 5.69 Å². The number of rotatable bonds is 8. The smallest absolute Gasteiger partial charge is 0.229 e. The largest absolute Gasteiger partial charge is 0.497 e. The Morgan fingerprint density at radius 2 is 1.84 bits per heavy atom. The van der Waals surface area contributed by atoms with Crippen LogP contribution in [0, 0.1) is 5.82 Å². The normalized spacial score (nSPS) is 11.6. The van der Waals surface area contributed by atoms with E-state index in [1.54, 1.807) is 36.1 Å². The van der Waals surface area contributed by atoms with Crippen molar-refractivity contribution in [2.45, 2.75) is 26.8 Å². The molecule has 2 aromatic heterocycles. The minimum absolute atomic E-state index is 0. The number of methoxy groups -OCH3 is 1. The van der Waals surface area contributed by atoms with E-state index in [1.807, 2.05) is 31.2 Å². The molecule has 0 fully saturated rings. The zero-order valence-electron chi connectivity index (χ0n) is 17.2. The third-order valence-corrected chi connectivity index (χ3v) is 4.95. The van der Waals surface area contributed by atoms with Gasteiger partial charge in [0.1, 0.15) is 17.1 Å². The van der Waals surface area contributed by atoms with Gasteiger partial charge in [0.25, 0.3) is 0 Å². The van der Waals surface area contributed by atoms with Gasteiger partial charge >= 0.3 is 0 Å². The third-order valence-electron chi connectivity index (χ3n) is 4.95. The minimum Gasteiger partial charge on any atom is -0.497 e. The minimum atomic E-state index is -0.397. The highest BCUT2D eigenvalue weighted by molar-refractivity contribution is 5.77. The number of aromatic nitrogens is 4. The van der Waals surface area contributed by atoms with Crippen LogP contribution in [0.2, 0.25) is 0 Å². The topological polar surface area (TPSA) is 97.1 Å². The Bertz CT molecular complexity index is 1180. The van der Waals surface area contributed by atoms with E-state index in [0.717, 1.165) is 11.4 Å². The Hall–Kier alpha value is -3.72. The number of hydrogen-bond acceptors (Lipinski definition) is 7. The standard InChI is InChI=1S/C22H23FN6O2.CH4/c1-3-15(13-30)29-20-19(27-22(29)26-18-7-5-4-6-17(18)23)12-24-21(28-20)25-14-8-10-16(31-2)11-9-14;/h4-12,15,30H,3,13H2,1-2H3,(H,26,27)(H,24,25,28);1H4/t15-;/m0./s1. The summed E-state index contributed by atoms with van der Waals surface area (Å²) in [7, 11) is 1.61. The molecule has 8 nitrogen and oxygen atoms in total. The van der Waals surface area contributed by atoms with Gasteiger partial charge in [0.05, 0.1) is 31.6 Å². The van der Waals surface area contributed by atoms with Crippen LogP contribution >= 0.6 is 0 Å². The number of benzene rings is 2. The molecule has 0 amide bonds. The number of aliphatic hydroxyl groups is 1. The summed E-state index contributed by atoms with van der Waals surface area (Å²) in [5, 5.41) is 16.1. The van der Waals surface area contributed by atoms with Crippen LogP contribution in [0.5, 0.6) is 5.75 Å². The number of ether oxygens (including phenoxy) is 1. The van der Waals surface area contributed by atoms with Crippen LogP contribution in [0.4, 0.5) is 27.7 Å². The Kier molecular flexibility index (Phi) is 7.21. The van der Waals surface area contributed by atoms with E-state index in [1.165, 1.54) is 6.07 Å². The number of fused-ring (bicyclic) bond motifs is 1. The van der Waals surface area contributed by atoms with Crippen LogP contribution in [0.3, 0.4) is 0 Å². The lowest BCUT2D eigenvalue weighted by Crippen LogP contribution is -2.15. The van der Waals surface area contributed by atoms with E-state index in [-0.39, 0.29) is 25.8 Å². The van der Waals surface area contributed by atoms with Crippen molar-refractivity contribution in [3.63, 3.8) is 0 Å². The summed E-state index contributed by atoms with van der Waals surface area (Å²) in [6.45, 7) is 1.84. The average molecular weight is 439 g/mol. The molecule has 0 aliphatic heterocycles. The van der Waals surface area contributed by atoms with Crippen LogP contribution in [0.15, 0.2) is 54.7 Å². The molecule has 168 valence electrons. The molecule has 0 bridgehead atoms. The number of anilines is 4. The summed E-state index contributed by atoms with van der Waals surface area (Å²) in [6.07, 6.45) is 2.24. The molecule has 4 rings (SSSR count). The quantitative estimate of drug-likeness (QED) is 0.354. The zero-order chi connectivity index (χ0) is 21.8. The molecule has 0 saturated carbocycles. The van der Waals surface area contributed by atoms with Gasteiger partial charge in [-0.3, -0.25) is 4.57 Å². The number of imidazole rings is 1. The summed E-state index contributed by atoms with van der Waals surface area (Å²) >= 11 is 0. The third kappa shape index (κ3) is 4.62. The van der Waals surface area contributed by atoms with Gasteiger partial charge in [-0.05, 0) is 42.8 Å². The number of para-hydroxylation sites is 1. The van der Waals surface area contributed by atoms with Crippen LogP contribution in [0.1, 0.15) is 26.8 Å². The van der Waals surface area contributed by atoms with Crippen LogP contribution in [-0.4, -0.2) is 38.3 Å². The maximum Gasteiger partial charge on any atom is 0.229 e. The molecule has 2 aromatic carbocycles. The van der Waals surface area contributed by atoms with Crippen molar-refractivity contribution in [3.8, 4) is 5.75 Å². The second kappa shape index (κ2) is 10.1. The Morgan fingerprint density at radius 3 is 2.50 bits per heavy atom. The SMILES string of the molecule is C.CC[C@@H](CO)n1c(Nc2ccccc2F)nc2cnc(Nc3ccc(OC)cc3)nc21. The van der Waals surface area contributed by atoms with E-state index in [9.17, 15) is 9.50 Å². The predicted octanol–water partition coefficient (Wildman–Crippen LogP) is 5.04. The van der Waals surface area contributed by atoms with Gasteiger partial charge in [0.15, 0.2) is 5.65 Å². The number of hydrogen-bond donors (Lipinski definition) is 3. The maximum absolute atomic E-state index is 14.2. The first-order valence-corrected chi connectivity index (χ1v) is 9.91. The summed E-state index contributed by atoms with van der Waals surface area (Å²) in [6, 6.07) is 13.4. The number of aliphatic hydroxyl groups excluding tert-OH is 1. The van der Waals surface area contributed by atoms with Gasteiger partial charge < -0.3 is 20.5 Å². The highest BCUT2D eigenvalue weighted by Crippen LogP contribution is 2.29. The Balaban J connectivity index is 0.00000289. The first-order chi connectivity index (χ1) is 15.1. The lowest BCUT2D eigenvalue weighted by atomic mass is 10.2. The molecule has 2 heterocycles. The van der Waals surface area contributed by atoms with Crippen LogP contribution < -0.4 is 15.4 Å². The van der Waals surface area contributed by atoms with Crippen molar-refractivity contribution in [3.05, 3.63) is 60.5 Å². The van der Waals surface area contributed by atoms with E-state index >= 15 is 0 Å². The zero-order valence-corrected chi connectivity index (χ0v) is 17.2. The molecule has 0 unspecified atom stereocenters. The van der Waals surface area contributed by atoms with Crippen LogP contribution in [0.25, 0.3) is 11.2 Å². The van der Waals surface area contributed by atoms with Crippen LogP contribution in [-0.2, 0) is 0 Å². The summed E-state index contributed by atoms with van der Waals surface area (Å²) in [5.74, 6) is 1.12. The van der Waals surface area contributed by atoms with Crippen molar-refractivity contribution in [2.75, 3.05) is 24.4 Å². The van der Waals surface area contributed by atoms with Gasteiger partial charge in [-0.15, -0.1) is 0 Å². The van der Waals surface area contributed by atoms with Crippen molar-refractivity contribution >= 4 is 34.4 Å². The molecular weight excluding hydrogens is 411 g/mol. The summed E-state index contributed by atoms with van der Waals surface area (Å²) in [4.78, 5) is 13.5. The van der Waals surface area contributed by atoms with Gasteiger partial charge in [-0.1, -0.05) is 26.5 Å². The maximum atomic E-state index is 14.2. The van der Waals surface area contributed by atoms with E-state index in [2.05, 4.69) is 25.6 Å². The van der Waals surface area contributed by atoms with E-state index < -0.39 is 5.82 Å². The van der Waals surface area contributed by atoms with Gasteiger partial charge in [-0.2, -0.15) is 4.98 Å². The number of nitrogens with one attached hydrogen (secondary N) is 2. The molecule has 0 aliphatic carbocycles. The Labute approximate surface area is 186 Å². The van der Waals surface area contributed by atoms with Crippen molar-refractivity contribution in [1.29, 1.82) is 0 Å². The number of nitrogens with zero attached hydrogens (tertiary/aromatic N) is 4. The fourth-order valence-electron chi connectivity index (χ4n) is 3.26. The molecule has 1 atom stereocenters. The lowest BCUT2D eigenvalue weighted by molar-refractivity contribution is 0.228. The summed E-state index contributed by atoms with van der Waals surface area (Å²) in [5.41, 5.74) is 2.15. The molecule has 32 heavy (non-hydrogen) atoms. The monoisotopic (exact) mass is 438 g/mol. The first-order valence-electron chi connectivity index (χ1n) is 9.91. The molecule has 0 aliphatic rings. The fourth-order valence-corrected chi connectivity index (χ4v) is 3.26. The van der Waals surface area contributed by atoms with Crippen molar-refractivity contribution in [1.82, 2.24) is 19.5 Å². The second-order valence-electron chi connectivity index (χ2n) is 6.91. The first kappa shape index (κ1) is 23.0. The molecule has 0 saturated heterocycles. The summed E-state index contributed by atoms with van der Waals surface area (Å²) < 4.78 is 21.1. The van der Waals surface area contributed by atoms with Gasteiger partial charge in [0.2, 0.25) is 11.9 Å². The molecule has 9 heteroatoms. The highest BCUT2D eigenvalue weighted by Gasteiger charge is 2.20. The van der Waals surface area contributed by atoms with E-state index in [0.29, 0.717) is 29.5 Å². The van der Waals surface area contributed by atoms with Crippen molar-refractivity contribution < 1.29 is 14.2 Å². The average Bonchev–Trinajstić information content (AvgIpc) is 3.14. The second-order valence-corrected chi connectivity index (χ2v) is 6.91. The molecular formula is C23H27FN6O2. The van der Waals surface area contributed by atoms with Gasteiger partial charge in [-0.25, -0.2) is 14.4 Å². The number of halogens is 1. The fraction of sp³-hybridized carbons (Fsp3) is 0.261. The predicted molar refractivity (Wildman–Crippen MR) is 124 cm³/mol. The molecule has 0 spiro atoms. The van der Waals surface area contributed by atoms with E-state index in [4.69, 9.17) is 4.74 Å². The lowest BCUT2D eigenvalue weighted by Gasteiger charge is -2.18.